The van der Waals surface area contributed by atoms with Crippen LogP contribution in [0.3, 0.4) is 0 Å². The molecule has 0 heterocycles. The molecular formula is C17H18ClF2N2O+. The zero-order valence-electron chi connectivity index (χ0n) is 12.8. The van der Waals surface area contributed by atoms with Gasteiger partial charge < -0.3 is 10.6 Å². The summed E-state index contributed by atoms with van der Waals surface area (Å²) in [6.07, 6.45) is 0. The highest BCUT2D eigenvalue weighted by Crippen LogP contribution is 2.15. The fourth-order valence-electron chi connectivity index (χ4n) is 2.25. The summed E-state index contributed by atoms with van der Waals surface area (Å²) in [4.78, 5) is 12.2. The molecule has 0 unspecified atom stereocenters. The lowest BCUT2D eigenvalue weighted by molar-refractivity contribution is -0.709. The molecule has 0 aliphatic carbocycles. The predicted molar refractivity (Wildman–Crippen MR) is 86.2 cm³/mol. The average molecular weight is 340 g/mol. The minimum absolute atomic E-state index is 0.190. The lowest BCUT2D eigenvalue weighted by atomic mass is 10.1. The van der Waals surface area contributed by atoms with E-state index in [1.807, 2.05) is 6.92 Å². The molecule has 2 aromatic carbocycles. The molecule has 1 amide bonds. The van der Waals surface area contributed by atoms with E-state index in [2.05, 4.69) is 5.32 Å². The van der Waals surface area contributed by atoms with Crippen molar-refractivity contribution in [2.45, 2.75) is 25.9 Å². The van der Waals surface area contributed by atoms with Gasteiger partial charge in [0.25, 0.3) is 5.91 Å². The van der Waals surface area contributed by atoms with Crippen molar-refractivity contribution in [1.29, 1.82) is 0 Å². The van der Waals surface area contributed by atoms with Crippen LogP contribution in [0.1, 0.15) is 25.5 Å². The molecule has 3 N–H and O–H groups in total. The third-order valence-corrected chi connectivity index (χ3v) is 3.79. The standard InChI is InChI=1S/C17H17ClF2N2O/c1-10(12-6-7-15(19)16(20)8-12)21-11(2)17(23)22-14-5-3-4-13(18)9-14/h3-11,21H,1-2H3,(H,22,23)/p+1/t10-,11+/m0/s1. The fourth-order valence-corrected chi connectivity index (χ4v) is 2.44. The van der Waals surface area contributed by atoms with Crippen LogP contribution in [0.4, 0.5) is 14.5 Å². The SMILES string of the molecule is C[C@H]([NH2+][C@H](C)C(=O)Nc1cccc(Cl)c1)c1ccc(F)c(F)c1. The molecule has 2 rings (SSSR count). The summed E-state index contributed by atoms with van der Waals surface area (Å²) < 4.78 is 26.2. The van der Waals surface area contributed by atoms with Crippen molar-refractivity contribution in [2.24, 2.45) is 0 Å². The van der Waals surface area contributed by atoms with E-state index < -0.39 is 17.7 Å². The highest BCUT2D eigenvalue weighted by Gasteiger charge is 2.21. The number of nitrogens with one attached hydrogen (secondary N) is 1. The summed E-state index contributed by atoms with van der Waals surface area (Å²) in [5, 5.41) is 5.09. The number of carbonyl (C=O) groups excluding carboxylic acids is 1. The number of nitrogens with two attached hydrogens (primary N) is 1. The van der Waals surface area contributed by atoms with Gasteiger partial charge >= 0.3 is 0 Å². The van der Waals surface area contributed by atoms with Gasteiger partial charge in [0.15, 0.2) is 17.7 Å². The van der Waals surface area contributed by atoms with Gasteiger partial charge in [-0.05, 0) is 50.2 Å². The third-order valence-electron chi connectivity index (χ3n) is 3.55. The van der Waals surface area contributed by atoms with Crippen LogP contribution in [-0.4, -0.2) is 11.9 Å². The van der Waals surface area contributed by atoms with Crippen LogP contribution >= 0.6 is 11.6 Å². The van der Waals surface area contributed by atoms with E-state index in [9.17, 15) is 13.6 Å². The maximum absolute atomic E-state index is 13.3. The first-order chi connectivity index (χ1) is 10.9. The highest BCUT2D eigenvalue weighted by atomic mass is 35.5. The number of quaternary nitrogens is 1. The number of carbonyl (C=O) groups is 1. The largest absolute Gasteiger partial charge is 0.330 e. The van der Waals surface area contributed by atoms with E-state index in [4.69, 9.17) is 11.6 Å². The molecule has 0 bridgehead atoms. The van der Waals surface area contributed by atoms with Crippen molar-refractivity contribution >= 4 is 23.2 Å². The maximum atomic E-state index is 13.3. The van der Waals surface area contributed by atoms with Gasteiger partial charge in [0.05, 0.1) is 0 Å². The van der Waals surface area contributed by atoms with Gasteiger partial charge in [-0.15, -0.1) is 0 Å². The number of anilines is 1. The summed E-state index contributed by atoms with van der Waals surface area (Å²) in [5.41, 5.74) is 1.23. The molecule has 0 spiro atoms. The number of rotatable bonds is 5. The molecular weight excluding hydrogens is 322 g/mol. The number of hydrogen-bond donors (Lipinski definition) is 2. The van der Waals surface area contributed by atoms with Crippen molar-refractivity contribution in [2.75, 3.05) is 5.32 Å². The lowest BCUT2D eigenvalue weighted by Gasteiger charge is -2.17. The van der Waals surface area contributed by atoms with E-state index in [1.165, 1.54) is 6.07 Å². The average Bonchev–Trinajstić information content (AvgIpc) is 2.49. The molecule has 0 fully saturated rings. The second-order valence-electron chi connectivity index (χ2n) is 5.44. The Hall–Kier alpha value is -1.98. The van der Waals surface area contributed by atoms with Gasteiger partial charge in [-0.1, -0.05) is 17.7 Å². The molecule has 2 atom stereocenters. The van der Waals surface area contributed by atoms with E-state index in [-0.39, 0.29) is 11.9 Å². The Labute approximate surface area is 138 Å². The molecule has 23 heavy (non-hydrogen) atoms. The zero-order valence-corrected chi connectivity index (χ0v) is 13.6. The molecule has 0 aromatic heterocycles. The number of benzene rings is 2. The van der Waals surface area contributed by atoms with Crippen molar-refractivity contribution in [3.05, 3.63) is 64.7 Å². The van der Waals surface area contributed by atoms with Crippen LogP contribution < -0.4 is 10.6 Å². The smallest absolute Gasteiger partial charge is 0.282 e. The first kappa shape index (κ1) is 17.4. The predicted octanol–water partition coefficient (Wildman–Crippen LogP) is 3.27. The second kappa shape index (κ2) is 7.53. The van der Waals surface area contributed by atoms with Crippen LogP contribution in [0.15, 0.2) is 42.5 Å². The quantitative estimate of drug-likeness (QED) is 0.863. The van der Waals surface area contributed by atoms with Crippen LogP contribution in [0.25, 0.3) is 0 Å². The Morgan fingerprint density at radius 2 is 1.87 bits per heavy atom. The van der Waals surface area contributed by atoms with Gasteiger partial charge in [0.2, 0.25) is 0 Å². The van der Waals surface area contributed by atoms with Crippen molar-refractivity contribution in [3.63, 3.8) is 0 Å². The number of amides is 1. The minimum atomic E-state index is -0.890. The monoisotopic (exact) mass is 339 g/mol. The maximum Gasteiger partial charge on any atom is 0.282 e. The Bertz CT molecular complexity index is 709. The van der Waals surface area contributed by atoms with Gasteiger partial charge in [-0.2, -0.15) is 0 Å². The van der Waals surface area contributed by atoms with Crippen LogP contribution in [0.2, 0.25) is 5.02 Å². The Morgan fingerprint density at radius 1 is 1.13 bits per heavy atom. The molecule has 0 aliphatic heterocycles. The number of hydrogen-bond acceptors (Lipinski definition) is 1. The van der Waals surface area contributed by atoms with Gasteiger partial charge in [-0.25, -0.2) is 8.78 Å². The first-order valence-electron chi connectivity index (χ1n) is 7.23. The highest BCUT2D eigenvalue weighted by molar-refractivity contribution is 6.30. The topological polar surface area (TPSA) is 45.7 Å². The van der Waals surface area contributed by atoms with Crippen molar-refractivity contribution in [3.8, 4) is 0 Å². The first-order valence-corrected chi connectivity index (χ1v) is 7.61. The zero-order chi connectivity index (χ0) is 17.0. The van der Waals surface area contributed by atoms with Crippen molar-refractivity contribution in [1.82, 2.24) is 0 Å². The normalized spacial score (nSPS) is 13.4. The van der Waals surface area contributed by atoms with E-state index in [0.29, 0.717) is 16.3 Å². The molecule has 6 heteroatoms. The third kappa shape index (κ3) is 4.74. The molecule has 3 nitrogen and oxygen atoms in total. The van der Waals surface area contributed by atoms with Crippen LogP contribution in [-0.2, 0) is 4.79 Å². The van der Waals surface area contributed by atoms with Gasteiger partial charge in [0, 0.05) is 16.3 Å². The summed E-state index contributed by atoms with van der Waals surface area (Å²) in [6.45, 7) is 3.58. The fraction of sp³-hybridized carbons (Fsp3) is 0.235. The second-order valence-corrected chi connectivity index (χ2v) is 5.88. The minimum Gasteiger partial charge on any atom is -0.330 e. The summed E-state index contributed by atoms with van der Waals surface area (Å²) in [6, 6.07) is 10.0. The van der Waals surface area contributed by atoms with Crippen molar-refractivity contribution < 1.29 is 18.9 Å². The van der Waals surface area contributed by atoms with Gasteiger partial charge in [0.1, 0.15) is 6.04 Å². The number of halogens is 3. The summed E-state index contributed by atoms with van der Waals surface area (Å²) in [7, 11) is 0. The molecule has 0 saturated carbocycles. The molecule has 0 aliphatic rings. The molecule has 0 radical (unpaired) electrons. The van der Waals surface area contributed by atoms with E-state index in [0.717, 1.165) is 12.1 Å². The Balaban J connectivity index is 1.98. The van der Waals surface area contributed by atoms with E-state index >= 15 is 0 Å². The lowest BCUT2D eigenvalue weighted by Crippen LogP contribution is -2.91. The van der Waals surface area contributed by atoms with E-state index in [1.54, 1.807) is 36.5 Å². The molecule has 2 aromatic rings. The Morgan fingerprint density at radius 3 is 2.52 bits per heavy atom. The van der Waals surface area contributed by atoms with Crippen LogP contribution in [0, 0.1) is 11.6 Å². The summed E-state index contributed by atoms with van der Waals surface area (Å²) >= 11 is 5.87. The molecule has 0 saturated heterocycles. The van der Waals surface area contributed by atoms with Crippen LogP contribution in [0.5, 0.6) is 0 Å². The van der Waals surface area contributed by atoms with Gasteiger partial charge in [-0.3, -0.25) is 4.79 Å². The summed E-state index contributed by atoms with van der Waals surface area (Å²) in [5.74, 6) is -1.96. The Kier molecular flexibility index (Phi) is 5.69. The molecule has 122 valence electrons.